The van der Waals surface area contributed by atoms with E-state index in [-0.39, 0.29) is 18.1 Å². The third-order valence-corrected chi connectivity index (χ3v) is 4.73. The summed E-state index contributed by atoms with van der Waals surface area (Å²) < 4.78 is 16.3. The molecule has 1 aliphatic heterocycles. The maximum atomic E-state index is 12.6. The Hall–Kier alpha value is -2.57. The molecule has 2 unspecified atom stereocenters. The minimum Gasteiger partial charge on any atom is -0.497 e. The summed E-state index contributed by atoms with van der Waals surface area (Å²) in [5.41, 5.74) is 2.41. The van der Waals surface area contributed by atoms with Crippen LogP contribution in [0.15, 0.2) is 42.5 Å². The van der Waals surface area contributed by atoms with Crippen LogP contribution in [0.1, 0.15) is 29.8 Å². The summed E-state index contributed by atoms with van der Waals surface area (Å²) in [4.78, 5) is 15.0. The molecule has 0 aromatic heterocycles. The lowest BCUT2D eigenvalue weighted by Gasteiger charge is -2.35. The molecule has 6 nitrogen and oxygen atoms in total. The first kappa shape index (κ1) is 20.2. The van der Waals surface area contributed by atoms with Gasteiger partial charge in [0.05, 0.1) is 26.4 Å². The van der Waals surface area contributed by atoms with E-state index in [1.165, 1.54) is 5.56 Å². The number of rotatable bonds is 6. The SMILES string of the molecule is COc1cc(NC(=O)c2ccc(CN3CC(C)OC(C)C3)cc2)cc(OC)c1. The molecule has 1 heterocycles. The van der Waals surface area contributed by atoms with Crippen molar-refractivity contribution in [1.82, 2.24) is 4.90 Å². The number of amides is 1. The highest BCUT2D eigenvalue weighted by atomic mass is 16.5. The first-order valence-electron chi connectivity index (χ1n) is 9.48. The second kappa shape index (κ2) is 9.08. The van der Waals surface area contributed by atoms with Crippen LogP contribution in [0.5, 0.6) is 11.5 Å². The molecule has 1 N–H and O–H groups in total. The van der Waals surface area contributed by atoms with Gasteiger partial charge in [0.2, 0.25) is 0 Å². The fourth-order valence-electron chi connectivity index (χ4n) is 3.52. The van der Waals surface area contributed by atoms with Crippen molar-refractivity contribution in [3.63, 3.8) is 0 Å². The van der Waals surface area contributed by atoms with Gasteiger partial charge in [0.25, 0.3) is 5.91 Å². The summed E-state index contributed by atoms with van der Waals surface area (Å²) in [5.74, 6) is 1.08. The molecule has 0 bridgehead atoms. The first-order chi connectivity index (χ1) is 13.5. The molecule has 2 aromatic rings. The van der Waals surface area contributed by atoms with E-state index in [1.54, 1.807) is 32.4 Å². The highest BCUT2D eigenvalue weighted by Crippen LogP contribution is 2.26. The van der Waals surface area contributed by atoms with Crippen molar-refractivity contribution >= 4 is 11.6 Å². The zero-order valence-corrected chi connectivity index (χ0v) is 16.9. The van der Waals surface area contributed by atoms with Gasteiger partial charge in [-0.2, -0.15) is 0 Å². The van der Waals surface area contributed by atoms with Crippen LogP contribution in [0.3, 0.4) is 0 Å². The number of nitrogens with one attached hydrogen (secondary N) is 1. The molecule has 1 saturated heterocycles. The first-order valence-corrected chi connectivity index (χ1v) is 9.48. The van der Waals surface area contributed by atoms with Gasteiger partial charge in [-0.1, -0.05) is 12.1 Å². The predicted molar refractivity (Wildman–Crippen MR) is 109 cm³/mol. The van der Waals surface area contributed by atoms with Crippen molar-refractivity contribution in [2.45, 2.75) is 32.6 Å². The number of carbonyl (C=O) groups excluding carboxylic acids is 1. The maximum Gasteiger partial charge on any atom is 0.255 e. The summed E-state index contributed by atoms with van der Waals surface area (Å²) in [6.07, 6.45) is 0.488. The van der Waals surface area contributed by atoms with Crippen LogP contribution in [0.25, 0.3) is 0 Å². The van der Waals surface area contributed by atoms with Gasteiger partial charge in [-0.05, 0) is 31.5 Å². The third kappa shape index (κ3) is 5.24. The van der Waals surface area contributed by atoms with Crippen molar-refractivity contribution in [3.05, 3.63) is 53.6 Å². The number of morpholine rings is 1. The average molecular weight is 384 g/mol. The van der Waals surface area contributed by atoms with E-state index in [1.807, 2.05) is 24.3 Å². The lowest BCUT2D eigenvalue weighted by atomic mass is 10.1. The number of hydrogen-bond acceptors (Lipinski definition) is 5. The van der Waals surface area contributed by atoms with Crippen LogP contribution in [0.4, 0.5) is 5.69 Å². The number of methoxy groups -OCH3 is 2. The summed E-state index contributed by atoms with van der Waals surface area (Å²) in [5, 5.41) is 2.89. The Kier molecular flexibility index (Phi) is 6.54. The molecule has 2 aromatic carbocycles. The molecule has 3 rings (SSSR count). The third-order valence-electron chi connectivity index (χ3n) is 4.73. The Balaban J connectivity index is 1.64. The minimum absolute atomic E-state index is 0.171. The standard InChI is InChI=1S/C22H28N2O4/c1-15-12-24(13-16(2)28-15)14-17-5-7-18(8-6-17)22(25)23-19-9-20(26-3)11-21(10-19)27-4/h5-11,15-16H,12-14H2,1-4H3,(H,23,25). The zero-order valence-electron chi connectivity index (χ0n) is 16.9. The van der Waals surface area contributed by atoms with Crippen molar-refractivity contribution in [3.8, 4) is 11.5 Å². The van der Waals surface area contributed by atoms with Gasteiger partial charge in [0, 0.05) is 49.1 Å². The molecule has 0 aliphatic carbocycles. The summed E-state index contributed by atoms with van der Waals surface area (Å²) in [7, 11) is 3.16. The molecular weight excluding hydrogens is 356 g/mol. The van der Waals surface area contributed by atoms with E-state index >= 15 is 0 Å². The number of nitrogens with zero attached hydrogens (tertiary/aromatic N) is 1. The second-order valence-electron chi connectivity index (χ2n) is 7.20. The Morgan fingerprint density at radius 2 is 1.61 bits per heavy atom. The monoisotopic (exact) mass is 384 g/mol. The van der Waals surface area contributed by atoms with Gasteiger partial charge in [0.1, 0.15) is 11.5 Å². The topological polar surface area (TPSA) is 60.0 Å². The van der Waals surface area contributed by atoms with E-state index in [9.17, 15) is 4.79 Å². The quantitative estimate of drug-likeness (QED) is 0.825. The van der Waals surface area contributed by atoms with E-state index in [4.69, 9.17) is 14.2 Å². The van der Waals surface area contributed by atoms with Crippen LogP contribution in [-0.4, -0.2) is 50.3 Å². The number of hydrogen-bond donors (Lipinski definition) is 1. The van der Waals surface area contributed by atoms with Gasteiger partial charge in [-0.25, -0.2) is 0 Å². The fourth-order valence-corrected chi connectivity index (χ4v) is 3.52. The molecule has 1 fully saturated rings. The van der Waals surface area contributed by atoms with Gasteiger partial charge in [0.15, 0.2) is 0 Å². The molecule has 2 atom stereocenters. The second-order valence-corrected chi connectivity index (χ2v) is 7.20. The summed E-state index contributed by atoms with van der Waals surface area (Å²) >= 11 is 0. The van der Waals surface area contributed by atoms with Gasteiger partial charge in [-0.15, -0.1) is 0 Å². The number of ether oxygens (including phenoxy) is 3. The number of carbonyl (C=O) groups is 1. The maximum absolute atomic E-state index is 12.6. The molecular formula is C22H28N2O4. The number of anilines is 1. The minimum atomic E-state index is -0.171. The van der Waals surface area contributed by atoms with Crippen LogP contribution in [-0.2, 0) is 11.3 Å². The van der Waals surface area contributed by atoms with Crippen molar-refractivity contribution in [2.24, 2.45) is 0 Å². The lowest BCUT2D eigenvalue weighted by Crippen LogP contribution is -2.44. The van der Waals surface area contributed by atoms with Crippen LogP contribution in [0, 0.1) is 0 Å². The highest BCUT2D eigenvalue weighted by molar-refractivity contribution is 6.04. The summed E-state index contributed by atoms with van der Waals surface area (Å²) in [6, 6.07) is 13.0. The Labute approximate surface area is 166 Å². The smallest absolute Gasteiger partial charge is 0.255 e. The molecule has 28 heavy (non-hydrogen) atoms. The molecule has 6 heteroatoms. The average Bonchev–Trinajstić information content (AvgIpc) is 2.67. The van der Waals surface area contributed by atoms with Crippen LogP contribution in [0.2, 0.25) is 0 Å². The molecule has 0 spiro atoms. The molecule has 0 saturated carbocycles. The van der Waals surface area contributed by atoms with Crippen LogP contribution < -0.4 is 14.8 Å². The molecule has 1 amide bonds. The Morgan fingerprint density at radius 1 is 1.04 bits per heavy atom. The predicted octanol–water partition coefficient (Wildman–Crippen LogP) is 3.57. The lowest BCUT2D eigenvalue weighted by molar-refractivity contribution is -0.0704. The van der Waals surface area contributed by atoms with Gasteiger partial charge < -0.3 is 19.5 Å². The Bertz CT molecular complexity index is 774. The Morgan fingerprint density at radius 3 is 2.14 bits per heavy atom. The highest BCUT2D eigenvalue weighted by Gasteiger charge is 2.22. The van der Waals surface area contributed by atoms with E-state index in [0.717, 1.165) is 19.6 Å². The van der Waals surface area contributed by atoms with E-state index in [0.29, 0.717) is 22.7 Å². The van der Waals surface area contributed by atoms with Gasteiger partial charge in [-0.3, -0.25) is 9.69 Å². The zero-order chi connectivity index (χ0) is 20.1. The van der Waals surface area contributed by atoms with Crippen LogP contribution >= 0.6 is 0 Å². The number of benzene rings is 2. The van der Waals surface area contributed by atoms with E-state index in [2.05, 4.69) is 24.1 Å². The van der Waals surface area contributed by atoms with Crippen molar-refractivity contribution < 1.29 is 19.0 Å². The molecule has 0 radical (unpaired) electrons. The molecule has 1 aliphatic rings. The normalized spacial score (nSPS) is 19.9. The fraction of sp³-hybridized carbons (Fsp3) is 0.409. The van der Waals surface area contributed by atoms with Gasteiger partial charge >= 0.3 is 0 Å². The van der Waals surface area contributed by atoms with Crippen molar-refractivity contribution in [1.29, 1.82) is 0 Å². The van der Waals surface area contributed by atoms with Crippen molar-refractivity contribution in [2.75, 3.05) is 32.6 Å². The largest absolute Gasteiger partial charge is 0.497 e. The molecule has 150 valence electrons. The summed E-state index contributed by atoms with van der Waals surface area (Å²) in [6.45, 7) is 6.90. The van der Waals surface area contributed by atoms with E-state index < -0.39 is 0 Å².